The molecule has 244 valence electrons. The largest absolute Gasteiger partial charge is 0.479 e. The van der Waals surface area contributed by atoms with E-state index in [1.165, 1.54) is 18.7 Å². The second kappa shape index (κ2) is 16.6. The second-order valence-corrected chi connectivity index (χ2v) is 12.4. The number of carbonyl (C=O) groups is 1. The highest BCUT2D eigenvalue weighted by Gasteiger charge is 2.26. The number of amides is 2. The zero-order chi connectivity index (χ0) is 32.3. The van der Waals surface area contributed by atoms with Crippen LogP contribution in [0.5, 0.6) is 0 Å². The topological polar surface area (TPSA) is 64.0 Å². The van der Waals surface area contributed by atoms with Crippen LogP contribution >= 0.6 is 11.8 Å². The second-order valence-electron chi connectivity index (χ2n) is 11.2. The Morgan fingerprint density at radius 2 is 1.54 bits per heavy atom. The molecule has 2 aliphatic rings. The fraction of sp³-hybridized carbons (Fsp3) is 0.382. The number of carbonyl (C=O) groups excluding carboxylic acids is 1. The van der Waals surface area contributed by atoms with Crippen LogP contribution in [0.25, 0.3) is 0 Å². The number of urea groups is 1. The van der Waals surface area contributed by atoms with E-state index >= 15 is 4.39 Å². The fourth-order valence-electron chi connectivity index (χ4n) is 5.51. The van der Waals surface area contributed by atoms with E-state index in [2.05, 4.69) is 44.3 Å². The van der Waals surface area contributed by atoms with Crippen LogP contribution in [0.1, 0.15) is 22.3 Å². The number of hydrogen-bond donors (Lipinski definition) is 0. The zero-order valence-electron chi connectivity index (χ0n) is 25.9. The average molecular weight is 653 g/mol. The van der Waals surface area contributed by atoms with Gasteiger partial charge in [-0.3, -0.25) is 14.7 Å². The molecule has 0 bridgehead atoms. The van der Waals surface area contributed by atoms with Crippen LogP contribution < -0.4 is 4.90 Å². The summed E-state index contributed by atoms with van der Waals surface area (Å²) in [6.07, 6.45) is -2.40. The minimum Gasteiger partial charge on any atom is -0.479 e. The lowest BCUT2D eigenvalue weighted by Gasteiger charge is -2.35. The van der Waals surface area contributed by atoms with Crippen LogP contribution in [-0.2, 0) is 24.4 Å². The fourth-order valence-corrected chi connectivity index (χ4v) is 6.42. The van der Waals surface area contributed by atoms with Crippen LogP contribution in [0.15, 0.2) is 83.0 Å². The van der Waals surface area contributed by atoms with Gasteiger partial charge in [-0.05, 0) is 35.4 Å². The molecule has 0 saturated carbocycles. The van der Waals surface area contributed by atoms with E-state index in [1.54, 1.807) is 17.0 Å². The van der Waals surface area contributed by atoms with Crippen molar-refractivity contribution in [1.29, 1.82) is 0 Å². The summed E-state index contributed by atoms with van der Waals surface area (Å²) >= 11 is 1.81. The van der Waals surface area contributed by atoms with Gasteiger partial charge in [-0.15, -0.1) is 5.10 Å². The molecule has 0 N–H and O–H groups in total. The Balaban J connectivity index is 1.27. The molecule has 0 atom stereocenters. The Bertz CT molecular complexity index is 1480. The van der Waals surface area contributed by atoms with E-state index in [-0.39, 0.29) is 24.0 Å². The van der Waals surface area contributed by atoms with Gasteiger partial charge in [0.25, 0.3) is 6.43 Å². The van der Waals surface area contributed by atoms with E-state index in [0.29, 0.717) is 30.6 Å². The van der Waals surface area contributed by atoms with Crippen LogP contribution in [-0.4, -0.2) is 97.2 Å². The molecule has 2 aliphatic heterocycles. The third kappa shape index (κ3) is 9.34. The smallest absolute Gasteiger partial charge is 0.324 e. The normalized spacial score (nSPS) is 16.7. The van der Waals surface area contributed by atoms with Gasteiger partial charge in [-0.25, -0.2) is 18.0 Å². The number of ether oxygens (including phenoxy) is 1. The van der Waals surface area contributed by atoms with Crippen molar-refractivity contribution in [3.05, 3.63) is 101 Å². The molecule has 46 heavy (non-hydrogen) atoms. The molecule has 2 amide bonds. The van der Waals surface area contributed by atoms with Crippen molar-refractivity contribution in [1.82, 2.24) is 14.7 Å². The van der Waals surface area contributed by atoms with E-state index in [1.807, 2.05) is 47.0 Å². The van der Waals surface area contributed by atoms with Crippen LogP contribution in [0.3, 0.4) is 0 Å². The van der Waals surface area contributed by atoms with Gasteiger partial charge in [-0.2, -0.15) is 16.9 Å². The lowest BCUT2D eigenvalue weighted by molar-refractivity contribution is 0.122. The van der Waals surface area contributed by atoms with E-state index in [9.17, 15) is 13.6 Å². The molecular weight excluding hydrogens is 613 g/mol. The minimum atomic E-state index is -2.77. The SMILES string of the molecule is CO/C(=N\N=C\C(F)F)c1ccc(CN(C(=O)N2CCSCC2)c2ccc(CN3CCN(Cc4ccccc4)CC3)cc2)c(F)c1. The number of benzene rings is 3. The third-order valence-electron chi connectivity index (χ3n) is 8.03. The van der Waals surface area contributed by atoms with Gasteiger partial charge in [0.1, 0.15) is 5.82 Å². The molecule has 8 nitrogen and oxygen atoms in total. The molecule has 2 saturated heterocycles. The third-order valence-corrected chi connectivity index (χ3v) is 8.97. The highest BCUT2D eigenvalue weighted by Crippen LogP contribution is 2.24. The number of hydrogen-bond acceptors (Lipinski definition) is 7. The van der Waals surface area contributed by atoms with Gasteiger partial charge < -0.3 is 9.64 Å². The van der Waals surface area contributed by atoms with Gasteiger partial charge in [0, 0.05) is 80.7 Å². The van der Waals surface area contributed by atoms with Crippen molar-refractivity contribution in [2.24, 2.45) is 10.2 Å². The first-order valence-electron chi connectivity index (χ1n) is 15.3. The number of piperazine rings is 1. The number of nitrogens with zero attached hydrogens (tertiary/aromatic N) is 6. The van der Waals surface area contributed by atoms with Crippen molar-refractivity contribution in [3.8, 4) is 0 Å². The standard InChI is InChI=1S/C34H39F3N6O2S/c1-45-33(39-38-22-32(36)37)28-9-10-29(31(35)21-28)25-43(34(44)42-17-19-46-20-18-42)30-11-7-27(8-12-30)24-41-15-13-40(14-16-41)23-26-5-3-2-4-6-26/h2-12,21-22,32H,13-20,23-25H2,1H3/b38-22+,39-33-. The molecule has 0 aliphatic carbocycles. The highest BCUT2D eigenvalue weighted by atomic mass is 32.2. The van der Waals surface area contributed by atoms with Crippen molar-refractivity contribution in [3.63, 3.8) is 0 Å². The maximum Gasteiger partial charge on any atom is 0.324 e. The number of halogens is 3. The Morgan fingerprint density at radius 3 is 2.13 bits per heavy atom. The molecule has 5 rings (SSSR count). The predicted octanol–water partition coefficient (Wildman–Crippen LogP) is 5.96. The lowest BCUT2D eigenvalue weighted by Crippen LogP contribution is -2.46. The number of alkyl halides is 2. The van der Waals surface area contributed by atoms with E-state index in [0.717, 1.165) is 56.3 Å². The zero-order valence-corrected chi connectivity index (χ0v) is 26.7. The number of thioether (sulfide) groups is 1. The number of anilines is 1. The maximum atomic E-state index is 15.4. The molecule has 2 fully saturated rings. The van der Waals surface area contributed by atoms with Crippen molar-refractivity contribution >= 4 is 35.6 Å². The average Bonchev–Trinajstić information content (AvgIpc) is 3.08. The Labute approximate surface area is 272 Å². The molecule has 0 aromatic heterocycles. The van der Waals surface area contributed by atoms with Gasteiger partial charge in [0.15, 0.2) is 0 Å². The summed E-state index contributed by atoms with van der Waals surface area (Å²) in [5, 5.41) is 6.93. The summed E-state index contributed by atoms with van der Waals surface area (Å²) in [6.45, 7) is 7.03. The molecule has 3 aromatic carbocycles. The Morgan fingerprint density at radius 1 is 0.913 bits per heavy atom. The monoisotopic (exact) mass is 652 g/mol. The van der Waals surface area contributed by atoms with Gasteiger partial charge in [0.05, 0.1) is 19.9 Å². The highest BCUT2D eigenvalue weighted by molar-refractivity contribution is 7.99. The molecule has 0 radical (unpaired) electrons. The first kappa shape index (κ1) is 33.5. The summed E-state index contributed by atoms with van der Waals surface area (Å²) in [5.74, 6) is 1.03. The Hall–Kier alpha value is -3.87. The van der Waals surface area contributed by atoms with E-state index < -0.39 is 12.2 Å². The van der Waals surface area contributed by atoms with Crippen molar-refractivity contribution in [2.45, 2.75) is 26.1 Å². The van der Waals surface area contributed by atoms with Gasteiger partial charge in [-0.1, -0.05) is 48.5 Å². The van der Waals surface area contributed by atoms with E-state index in [4.69, 9.17) is 4.74 Å². The molecule has 12 heteroatoms. The Kier molecular flexibility index (Phi) is 12.1. The summed E-state index contributed by atoms with van der Waals surface area (Å²) in [6, 6.07) is 22.6. The van der Waals surface area contributed by atoms with Crippen molar-refractivity contribution < 1.29 is 22.7 Å². The first-order valence-corrected chi connectivity index (χ1v) is 16.5. The molecule has 3 aromatic rings. The molecule has 2 heterocycles. The summed E-state index contributed by atoms with van der Waals surface area (Å²) in [5.41, 5.74) is 3.71. The number of methoxy groups -OCH3 is 1. The minimum absolute atomic E-state index is 0.0142. The molecule has 0 spiro atoms. The van der Waals surface area contributed by atoms with Crippen molar-refractivity contribution in [2.75, 3.05) is 62.8 Å². The quantitative estimate of drug-likeness (QED) is 0.154. The summed E-state index contributed by atoms with van der Waals surface area (Å²) in [4.78, 5) is 22.1. The molecular formula is C34H39F3N6O2S. The first-order chi connectivity index (χ1) is 22.4. The number of rotatable bonds is 10. The van der Waals surface area contributed by atoms with Crippen LogP contribution in [0.4, 0.5) is 23.7 Å². The van der Waals surface area contributed by atoms with Gasteiger partial charge in [0.2, 0.25) is 5.90 Å². The summed E-state index contributed by atoms with van der Waals surface area (Å²) < 4.78 is 45.4. The van der Waals surface area contributed by atoms with Crippen LogP contribution in [0, 0.1) is 5.82 Å². The predicted molar refractivity (Wildman–Crippen MR) is 178 cm³/mol. The summed E-state index contributed by atoms with van der Waals surface area (Å²) in [7, 11) is 1.30. The molecule has 0 unspecified atom stereocenters. The van der Waals surface area contributed by atoms with Crippen LogP contribution in [0.2, 0.25) is 0 Å². The lowest BCUT2D eigenvalue weighted by atomic mass is 10.1. The maximum absolute atomic E-state index is 15.4. The van der Waals surface area contributed by atoms with Gasteiger partial charge >= 0.3 is 6.03 Å².